The van der Waals surface area contributed by atoms with Crippen LogP contribution >= 0.6 is 27.5 Å². The van der Waals surface area contributed by atoms with Crippen LogP contribution in [0.3, 0.4) is 0 Å². The summed E-state index contributed by atoms with van der Waals surface area (Å²) in [6, 6.07) is 6.08. The molecule has 1 aromatic carbocycles. The Labute approximate surface area is 117 Å². The summed E-state index contributed by atoms with van der Waals surface area (Å²) in [5, 5.41) is 4.36. The molecule has 1 nitrogen and oxygen atoms in total. The van der Waals surface area contributed by atoms with Gasteiger partial charge in [0.1, 0.15) is 0 Å². The summed E-state index contributed by atoms with van der Waals surface area (Å²) in [4.78, 5) is 0. The molecular weight excluding hydrogens is 298 g/mol. The van der Waals surface area contributed by atoms with Crippen LogP contribution in [0.1, 0.15) is 31.7 Å². The van der Waals surface area contributed by atoms with E-state index in [1.807, 2.05) is 12.1 Å². The van der Waals surface area contributed by atoms with E-state index in [0.29, 0.717) is 0 Å². The zero-order valence-electron chi connectivity index (χ0n) is 10.2. The number of benzene rings is 1. The van der Waals surface area contributed by atoms with Gasteiger partial charge in [-0.1, -0.05) is 46.9 Å². The Morgan fingerprint density at radius 1 is 1.41 bits per heavy atom. The Kier molecular flexibility index (Phi) is 4.89. The zero-order valence-corrected chi connectivity index (χ0v) is 12.5. The van der Waals surface area contributed by atoms with E-state index in [-0.39, 0.29) is 0 Å². The first-order valence-corrected chi connectivity index (χ1v) is 7.47. The van der Waals surface area contributed by atoms with Gasteiger partial charge < -0.3 is 5.32 Å². The average molecular weight is 317 g/mol. The summed E-state index contributed by atoms with van der Waals surface area (Å²) in [6.45, 7) is 4.35. The lowest BCUT2D eigenvalue weighted by atomic mass is 10.1. The minimum atomic E-state index is 0.840. The Hall–Kier alpha value is -0.0500. The maximum atomic E-state index is 6.18. The second-order valence-electron chi connectivity index (χ2n) is 5.15. The van der Waals surface area contributed by atoms with Crippen molar-refractivity contribution in [3.8, 4) is 0 Å². The molecule has 94 valence electrons. The standard InChI is InChI=1S/C14H19BrClN/c1-10-2-3-11(6-10)8-17-9-12-4-5-13(15)7-14(12)16/h4-5,7,10-11,17H,2-3,6,8-9H2,1H3. The van der Waals surface area contributed by atoms with Crippen LogP contribution < -0.4 is 5.32 Å². The molecule has 0 radical (unpaired) electrons. The molecule has 17 heavy (non-hydrogen) atoms. The molecule has 1 saturated carbocycles. The van der Waals surface area contributed by atoms with Crippen LogP contribution in [0.2, 0.25) is 5.02 Å². The third-order valence-electron chi connectivity index (χ3n) is 3.57. The first-order chi connectivity index (χ1) is 8.15. The highest BCUT2D eigenvalue weighted by Gasteiger charge is 2.20. The third kappa shape index (κ3) is 3.97. The number of nitrogens with one attached hydrogen (secondary N) is 1. The van der Waals surface area contributed by atoms with Gasteiger partial charge in [0, 0.05) is 16.0 Å². The number of rotatable bonds is 4. The van der Waals surface area contributed by atoms with E-state index in [1.54, 1.807) is 0 Å². The minimum absolute atomic E-state index is 0.840. The largest absolute Gasteiger partial charge is 0.312 e. The van der Waals surface area contributed by atoms with Crippen LogP contribution in [0.5, 0.6) is 0 Å². The lowest BCUT2D eigenvalue weighted by Crippen LogP contribution is -2.21. The lowest BCUT2D eigenvalue weighted by Gasteiger charge is -2.12. The first kappa shape index (κ1) is 13.4. The third-order valence-corrected chi connectivity index (χ3v) is 4.41. The maximum Gasteiger partial charge on any atom is 0.0462 e. The van der Waals surface area contributed by atoms with Gasteiger partial charge in [-0.05, 0) is 48.9 Å². The molecule has 1 fully saturated rings. The molecule has 0 amide bonds. The molecule has 1 aliphatic carbocycles. The van der Waals surface area contributed by atoms with Crippen LogP contribution in [0.4, 0.5) is 0 Å². The van der Waals surface area contributed by atoms with Crippen LogP contribution in [0.25, 0.3) is 0 Å². The van der Waals surface area contributed by atoms with E-state index in [1.165, 1.54) is 24.8 Å². The van der Waals surface area contributed by atoms with Gasteiger partial charge in [-0.2, -0.15) is 0 Å². The molecule has 0 aromatic heterocycles. The molecule has 0 heterocycles. The van der Waals surface area contributed by atoms with Crippen LogP contribution in [0.15, 0.2) is 22.7 Å². The van der Waals surface area contributed by atoms with E-state index < -0.39 is 0 Å². The van der Waals surface area contributed by atoms with Gasteiger partial charge in [0.05, 0.1) is 0 Å². The van der Waals surface area contributed by atoms with E-state index >= 15 is 0 Å². The fourth-order valence-electron chi connectivity index (χ4n) is 2.59. The number of hydrogen-bond acceptors (Lipinski definition) is 1. The van der Waals surface area contributed by atoms with Crippen molar-refractivity contribution in [2.45, 2.75) is 32.7 Å². The molecule has 0 saturated heterocycles. The highest BCUT2D eigenvalue weighted by molar-refractivity contribution is 9.10. The Bertz CT molecular complexity index is 380. The molecule has 2 unspecified atom stereocenters. The van der Waals surface area contributed by atoms with Gasteiger partial charge >= 0.3 is 0 Å². The summed E-state index contributed by atoms with van der Waals surface area (Å²) in [6.07, 6.45) is 4.15. The van der Waals surface area contributed by atoms with Gasteiger partial charge in [-0.25, -0.2) is 0 Å². The molecule has 2 rings (SSSR count). The Balaban J connectivity index is 1.78. The van der Waals surface area contributed by atoms with E-state index in [4.69, 9.17) is 11.6 Å². The fourth-order valence-corrected chi connectivity index (χ4v) is 3.33. The molecule has 1 aliphatic rings. The fraction of sp³-hybridized carbons (Fsp3) is 0.571. The Morgan fingerprint density at radius 2 is 2.24 bits per heavy atom. The van der Waals surface area contributed by atoms with Crippen LogP contribution in [-0.4, -0.2) is 6.54 Å². The smallest absolute Gasteiger partial charge is 0.0462 e. The molecule has 1 N–H and O–H groups in total. The van der Waals surface area contributed by atoms with E-state index in [2.05, 4.69) is 34.2 Å². The SMILES string of the molecule is CC1CCC(CNCc2ccc(Br)cc2Cl)C1. The molecular formula is C14H19BrClN. The molecule has 0 bridgehead atoms. The quantitative estimate of drug-likeness (QED) is 0.854. The van der Waals surface area contributed by atoms with Gasteiger partial charge in [0.25, 0.3) is 0 Å². The summed E-state index contributed by atoms with van der Waals surface area (Å²) in [7, 11) is 0. The van der Waals surface area contributed by atoms with Crippen molar-refractivity contribution in [2.24, 2.45) is 11.8 Å². The zero-order chi connectivity index (χ0) is 12.3. The van der Waals surface area contributed by atoms with Crippen molar-refractivity contribution in [2.75, 3.05) is 6.54 Å². The summed E-state index contributed by atoms with van der Waals surface area (Å²) < 4.78 is 1.04. The van der Waals surface area contributed by atoms with Gasteiger partial charge in [-0.15, -0.1) is 0 Å². The lowest BCUT2D eigenvalue weighted by molar-refractivity contribution is 0.470. The monoisotopic (exact) mass is 315 g/mol. The number of hydrogen-bond donors (Lipinski definition) is 1. The summed E-state index contributed by atoms with van der Waals surface area (Å²) in [5.74, 6) is 1.78. The van der Waals surface area contributed by atoms with Gasteiger partial charge in [0.15, 0.2) is 0 Å². The highest BCUT2D eigenvalue weighted by atomic mass is 79.9. The second kappa shape index (κ2) is 6.21. The van der Waals surface area contributed by atoms with Crippen molar-refractivity contribution in [1.82, 2.24) is 5.32 Å². The minimum Gasteiger partial charge on any atom is -0.312 e. The summed E-state index contributed by atoms with van der Waals surface area (Å²) >= 11 is 9.60. The van der Waals surface area contributed by atoms with E-state index in [9.17, 15) is 0 Å². The average Bonchev–Trinajstić information content (AvgIpc) is 2.68. The Morgan fingerprint density at radius 3 is 2.88 bits per heavy atom. The van der Waals surface area contributed by atoms with Crippen molar-refractivity contribution < 1.29 is 0 Å². The van der Waals surface area contributed by atoms with Crippen LogP contribution in [0, 0.1) is 11.8 Å². The number of halogens is 2. The van der Waals surface area contributed by atoms with Crippen molar-refractivity contribution >= 4 is 27.5 Å². The highest BCUT2D eigenvalue weighted by Crippen LogP contribution is 2.29. The first-order valence-electron chi connectivity index (χ1n) is 6.30. The molecule has 0 aliphatic heterocycles. The molecule has 0 spiro atoms. The second-order valence-corrected chi connectivity index (χ2v) is 6.47. The van der Waals surface area contributed by atoms with Gasteiger partial charge in [-0.3, -0.25) is 0 Å². The van der Waals surface area contributed by atoms with Gasteiger partial charge in [0.2, 0.25) is 0 Å². The van der Waals surface area contributed by atoms with Crippen LogP contribution in [-0.2, 0) is 6.54 Å². The topological polar surface area (TPSA) is 12.0 Å². The van der Waals surface area contributed by atoms with Crippen molar-refractivity contribution in [1.29, 1.82) is 0 Å². The normalized spacial score (nSPS) is 24.2. The molecule has 2 atom stereocenters. The maximum absolute atomic E-state index is 6.18. The van der Waals surface area contributed by atoms with Crippen molar-refractivity contribution in [3.63, 3.8) is 0 Å². The predicted octanol–water partition coefficient (Wildman–Crippen LogP) is 4.63. The molecule has 3 heteroatoms. The predicted molar refractivity (Wildman–Crippen MR) is 77.4 cm³/mol. The van der Waals surface area contributed by atoms with E-state index in [0.717, 1.165) is 34.4 Å². The molecule has 1 aromatic rings. The summed E-state index contributed by atoms with van der Waals surface area (Å²) in [5.41, 5.74) is 1.18. The van der Waals surface area contributed by atoms with Crippen molar-refractivity contribution in [3.05, 3.63) is 33.3 Å².